The van der Waals surface area contributed by atoms with Crippen molar-refractivity contribution in [2.24, 2.45) is 5.73 Å². The average Bonchev–Trinajstić information content (AvgIpc) is 2.68. The van der Waals surface area contributed by atoms with Crippen LogP contribution in [0.2, 0.25) is 0 Å². The van der Waals surface area contributed by atoms with Crippen LogP contribution in [0, 0.1) is 11.3 Å². The molecule has 0 saturated carbocycles. The van der Waals surface area contributed by atoms with E-state index in [1.165, 1.54) is 7.05 Å². The second-order valence-electron chi connectivity index (χ2n) is 5.09. The fourth-order valence-electron chi connectivity index (χ4n) is 2.56. The molecule has 3 N–H and O–H groups in total. The first-order valence-corrected chi connectivity index (χ1v) is 8.97. The first kappa shape index (κ1) is 18.8. The van der Waals surface area contributed by atoms with Gasteiger partial charge < -0.3 is 19.9 Å². The van der Waals surface area contributed by atoms with Gasteiger partial charge >= 0.3 is 0 Å². The van der Waals surface area contributed by atoms with Gasteiger partial charge in [0.1, 0.15) is 16.4 Å². The fraction of sp³-hybridized carbons (Fsp3) is 0.278. The van der Waals surface area contributed by atoms with E-state index in [1.54, 1.807) is 37.4 Å². The molecule has 0 aromatic heterocycles. The number of nitriles is 1. The monoisotopic (exact) mass is 359 g/mol. The van der Waals surface area contributed by atoms with Crippen LogP contribution in [-0.2, 0) is 17.4 Å². The molecule has 1 aliphatic rings. The Labute approximate surface area is 150 Å². The summed E-state index contributed by atoms with van der Waals surface area (Å²) in [4.78, 5) is 0.586. The van der Waals surface area contributed by atoms with E-state index >= 15 is 0 Å². The third-order valence-electron chi connectivity index (χ3n) is 3.62. The largest absolute Gasteiger partial charge is 0.496 e. The first-order valence-electron chi connectivity index (χ1n) is 7.82. The van der Waals surface area contributed by atoms with E-state index in [2.05, 4.69) is 16.5 Å². The van der Waals surface area contributed by atoms with Crippen molar-refractivity contribution in [3.05, 3.63) is 47.5 Å². The van der Waals surface area contributed by atoms with Gasteiger partial charge in [0.05, 0.1) is 25.3 Å². The summed E-state index contributed by atoms with van der Waals surface area (Å²) in [6.45, 7) is 0.605. The normalized spacial score (nSPS) is 13.2. The molecule has 1 aliphatic heterocycles. The van der Waals surface area contributed by atoms with Crippen molar-refractivity contribution in [3.63, 3.8) is 0 Å². The quantitative estimate of drug-likeness (QED) is 0.874. The summed E-state index contributed by atoms with van der Waals surface area (Å²) < 4.78 is 26.7. The minimum absolute atomic E-state index is 0.514. The van der Waals surface area contributed by atoms with E-state index in [-0.39, 0.29) is 0 Å². The smallest absolute Gasteiger partial charge is 0.154 e. The maximum Gasteiger partial charge on any atom is 0.154 e. The van der Waals surface area contributed by atoms with E-state index in [9.17, 15) is 4.21 Å². The zero-order valence-corrected chi connectivity index (χ0v) is 15.1. The lowest BCUT2D eigenvalue weighted by Gasteiger charge is -2.22. The third-order valence-corrected chi connectivity index (χ3v) is 4.76. The van der Waals surface area contributed by atoms with Crippen molar-refractivity contribution in [2.45, 2.75) is 17.7 Å². The lowest BCUT2D eigenvalue weighted by molar-refractivity contribution is 0.275. The van der Waals surface area contributed by atoms with Gasteiger partial charge in [0.15, 0.2) is 11.0 Å². The number of methoxy groups -OCH3 is 1. The van der Waals surface area contributed by atoms with Gasteiger partial charge in [-0.3, -0.25) is 0 Å². The number of hydrogen-bond acceptors (Lipinski definition) is 5. The summed E-state index contributed by atoms with van der Waals surface area (Å²) in [5.74, 6) is 1.39. The lowest BCUT2D eigenvalue weighted by atomic mass is 10.1. The predicted octanol–water partition coefficient (Wildman–Crippen LogP) is 2.60. The first-order chi connectivity index (χ1) is 12.2. The van der Waals surface area contributed by atoms with Crippen LogP contribution in [0.4, 0.5) is 5.69 Å². The Kier molecular flexibility index (Phi) is 6.81. The molecule has 0 spiro atoms. The van der Waals surface area contributed by atoms with Gasteiger partial charge in [0.25, 0.3) is 0 Å². The Morgan fingerprint density at radius 1 is 1.32 bits per heavy atom. The number of fused-ring (bicyclic) bond motifs is 1. The summed E-state index contributed by atoms with van der Waals surface area (Å²) in [6, 6.07) is 12.5. The molecule has 3 rings (SSSR count). The lowest BCUT2D eigenvalue weighted by Crippen LogP contribution is -2.14. The summed E-state index contributed by atoms with van der Waals surface area (Å²) >= 11 is 0. The highest BCUT2D eigenvalue weighted by molar-refractivity contribution is 7.86. The fourth-order valence-corrected chi connectivity index (χ4v) is 3.55. The van der Waals surface area contributed by atoms with Crippen LogP contribution >= 0.6 is 0 Å². The Morgan fingerprint density at radius 2 is 2.12 bits per heavy atom. The molecular weight excluding hydrogens is 338 g/mol. The Balaban J connectivity index is 0.00000109. The number of nitrogens with two attached hydrogens (primary N) is 1. The van der Waals surface area contributed by atoms with Crippen molar-refractivity contribution in [3.8, 4) is 17.6 Å². The van der Waals surface area contributed by atoms with E-state index in [1.807, 2.05) is 6.07 Å². The molecule has 0 aliphatic carbocycles. The second kappa shape index (κ2) is 9.06. The van der Waals surface area contributed by atoms with Crippen molar-refractivity contribution >= 4 is 16.7 Å². The number of nitrogens with zero attached hydrogens (tertiary/aromatic N) is 1. The highest BCUT2D eigenvalue weighted by Gasteiger charge is 2.22. The van der Waals surface area contributed by atoms with Gasteiger partial charge in [-0.05, 0) is 50.2 Å². The molecule has 132 valence electrons. The van der Waals surface area contributed by atoms with Gasteiger partial charge in [-0.25, -0.2) is 4.21 Å². The summed E-state index contributed by atoms with van der Waals surface area (Å²) in [7, 11) is 1.63. The standard InChI is InChI=1S/C17H16N2O3S.CH5N/c1-21-15-7-8-16(17-14(15)6-3-9-22-17)23(20)19-13-5-2-4-12(10-13)11-18;1-2/h2,4-5,7-8,10,19H,3,6,9H2,1H3;2H2,1H3. The van der Waals surface area contributed by atoms with E-state index in [0.29, 0.717) is 28.5 Å². The van der Waals surface area contributed by atoms with E-state index in [0.717, 1.165) is 24.2 Å². The maximum atomic E-state index is 12.7. The van der Waals surface area contributed by atoms with Gasteiger partial charge in [0, 0.05) is 11.3 Å². The van der Waals surface area contributed by atoms with Crippen LogP contribution in [0.25, 0.3) is 0 Å². The summed E-state index contributed by atoms with van der Waals surface area (Å²) in [6.07, 6.45) is 1.75. The number of rotatable bonds is 4. The zero-order valence-electron chi connectivity index (χ0n) is 14.2. The molecule has 0 saturated heterocycles. The van der Waals surface area contributed by atoms with Gasteiger partial charge in [-0.2, -0.15) is 5.26 Å². The Morgan fingerprint density at radius 3 is 2.84 bits per heavy atom. The van der Waals surface area contributed by atoms with Crippen LogP contribution in [0.15, 0.2) is 41.3 Å². The number of anilines is 1. The van der Waals surface area contributed by atoms with Gasteiger partial charge in [0.2, 0.25) is 0 Å². The molecule has 0 fully saturated rings. The maximum absolute atomic E-state index is 12.7. The number of ether oxygens (including phenoxy) is 2. The molecule has 1 unspecified atom stereocenters. The highest BCUT2D eigenvalue weighted by Crippen LogP contribution is 2.37. The Hall–Kier alpha value is -2.56. The minimum Gasteiger partial charge on any atom is -0.496 e. The molecule has 1 atom stereocenters. The molecule has 0 bridgehead atoms. The highest BCUT2D eigenvalue weighted by atomic mass is 32.2. The van der Waals surface area contributed by atoms with Crippen molar-refractivity contribution in [1.82, 2.24) is 0 Å². The number of benzene rings is 2. The van der Waals surface area contributed by atoms with Crippen LogP contribution in [-0.4, -0.2) is 25.0 Å². The third kappa shape index (κ3) is 4.29. The second-order valence-corrected chi connectivity index (χ2v) is 6.27. The van der Waals surface area contributed by atoms with Crippen LogP contribution in [0.3, 0.4) is 0 Å². The molecule has 2 aromatic rings. The average molecular weight is 359 g/mol. The molecule has 0 radical (unpaired) electrons. The van der Waals surface area contributed by atoms with Gasteiger partial charge in [-0.15, -0.1) is 0 Å². The summed E-state index contributed by atoms with van der Waals surface area (Å²) in [5, 5.41) is 8.94. The number of hydrogen-bond donors (Lipinski definition) is 2. The molecule has 2 aromatic carbocycles. The predicted molar refractivity (Wildman–Crippen MR) is 98.1 cm³/mol. The zero-order chi connectivity index (χ0) is 18.2. The van der Waals surface area contributed by atoms with Crippen LogP contribution in [0.1, 0.15) is 17.5 Å². The number of nitrogens with one attached hydrogen (secondary N) is 1. The summed E-state index contributed by atoms with van der Waals surface area (Å²) in [5.41, 5.74) is 6.60. The molecule has 7 heteroatoms. The molecule has 0 amide bonds. The van der Waals surface area contributed by atoms with Gasteiger partial charge in [-0.1, -0.05) is 6.07 Å². The van der Waals surface area contributed by atoms with Crippen molar-refractivity contribution in [1.29, 1.82) is 5.26 Å². The minimum atomic E-state index is -1.48. The van der Waals surface area contributed by atoms with E-state index < -0.39 is 11.0 Å². The molecular formula is C18H21N3O3S. The Bertz CT molecular complexity index is 803. The van der Waals surface area contributed by atoms with Crippen LogP contribution in [0.5, 0.6) is 11.5 Å². The van der Waals surface area contributed by atoms with Crippen molar-refractivity contribution in [2.75, 3.05) is 25.5 Å². The molecule has 1 heterocycles. The topological polar surface area (TPSA) is 97.4 Å². The molecule has 25 heavy (non-hydrogen) atoms. The van der Waals surface area contributed by atoms with Crippen LogP contribution < -0.4 is 19.9 Å². The SMILES string of the molecule is CN.COc1ccc(S(=O)Nc2cccc(C#N)c2)c2c1CCCO2. The van der Waals surface area contributed by atoms with Crippen molar-refractivity contribution < 1.29 is 13.7 Å². The van der Waals surface area contributed by atoms with E-state index in [4.69, 9.17) is 14.7 Å². The molecule has 6 nitrogen and oxygen atoms in total.